The number of hydrogen-bond donors (Lipinski definition) is 2. The first-order valence-electron chi connectivity index (χ1n) is 4.20. The molecule has 1 saturated carbocycles. The summed E-state index contributed by atoms with van der Waals surface area (Å²) in [5.74, 6) is -0.325. The van der Waals surface area contributed by atoms with Crippen LogP contribution in [0.1, 0.15) is 12.8 Å². The second-order valence-corrected chi connectivity index (χ2v) is 3.55. The third kappa shape index (κ3) is 1.03. The first-order chi connectivity index (χ1) is 5.72. The van der Waals surface area contributed by atoms with Crippen molar-refractivity contribution in [3.8, 4) is 0 Å². The molecule has 2 fully saturated rings. The van der Waals surface area contributed by atoms with E-state index in [-0.39, 0.29) is 30.5 Å². The lowest BCUT2D eigenvalue weighted by Crippen LogP contribution is -2.23. The van der Waals surface area contributed by atoms with Crippen LogP contribution in [0, 0.1) is 11.8 Å². The first-order valence-corrected chi connectivity index (χ1v) is 4.20. The number of carbonyl (C=O) groups is 1. The van der Waals surface area contributed by atoms with Crippen molar-refractivity contribution in [3.63, 3.8) is 0 Å². The van der Waals surface area contributed by atoms with E-state index >= 15 is 0 Å². The van der Waals surface area contributed by atoms with E-state index in [1.54, 1.807) is 0 Å². The molecule has 0 amide bonds. The first kappa shape index (κ1) is 8.01. The summed E-state index contributed by atoms with van der Waals surface area (Å²) in [6.07, 6.45) is 0.192. The summed E-state index contributed by atoms with van der Waals surface area (Å²) >= 11 is 0. The normalized spacial score (nSPS) is 46.0. The van der Waals surface area contributed by atoms with E-state index in [0.717, 1.165) is 0 Å². The summed E-state index contributed by atoms with van der Waals surface area (Å²) in [7, 11) is 0. The lowest BCUT2D eigenvalue weighted by molar-refractivity contribution is -0.141. The average Bonchev–Trinajstić information content (AvgIpc) is 2.43. The van der Waals surface area contributed by atoms with Crippen LogP contribution < -0.4 is 0 Å². The second kappa shape index (κ2) is 2.71. The molecule has 12 heavy (non-hydrogen) atoms. The summed E-state index contributed by atoms with van der Waals surface area (Å²) in [6.45, 7) is -0.0566. The monoisotopic (exact) mass is 172 g/mol. The van der Waals surface area contributed by atoms with Gasteiger partial charge in [-0.15, -0.1) is 0 Å². The van der Waals surface area contributed by atoms with Gasteiger partial charge in [0.05, 0.1) is 12.5 Å². The molecule has 1 aliphatic heterocycles. The van der Waals surface area contributed by atoms with Crippen LogP contribution in [-0.4, -0.2) is 35.0 Å². The number of fused-ring (bicyclic) bond motifs is 1. The van der Waals surface area contributed by atoms with Gasteiger partial charge in [0.15, 0.2) is 0 Å². The van der Waals surface area contributed by atoms with Gasteiger partial charge in [0.1, 0.15) is 6.10 Å². The molecule has 4 atom stereocenters. The Morgan fingerprint density at radius 1 is 1.58 bits per heavy atom. The fourth-order valence-corrected chi connectivity index (χ4v) is 2.23. The summed E-state index contributed by atoms with van der Waals surface area (Å²) in [5, 5.41) is 18.4. The van der Waals surface area contributed by atoms with Gasteiger partial charge in [0, 0.05) is 24.9 Å². The molecule has 0 spiro atoms. The quantitative estimate of drug-likeness (QED) is 0.513. The van der Waals surface area contributed by atoms with E-state index in [1.807, 2.05) is 0 Å². The Bertz CT molecular complexity index is 203. The molecular weight excluding hydrogens is 160 g/mol. The van der Waals surface area contributed by atoms with Gasteiger partial charge in [-0.3, -0.25) is 4.79 Å². The lowest BCUT2D eigenvalue weighted by atomic mass is 9.93. The minimum Gasteiger partial charge on any atom is -0.462 e. The van der Waals surface area contributed by atoms with Crippen molar-refractivity contribution in [2.45, 2.75) is 25.0 Å². The number of rotatable bonds is 1. The Morgan fingerprint density at radius 3 is 3.00 bits per heavy atom. The van der Waals surface area contributed by atoms with Gasteiger partial charge in [0.2, 0.25) is 0 Å². The number of ether oxygens (including phenoxy) is 1. The third-order valence-electron chi connectivity index (χ3n) is 2.89. The fraction of sp³-hybridized carbons (Fsp3) is 0.875. The minimum atomic E-state index is -0.502. The maximum Gasteiger partial charge on any atom is 0.306 e. The molecule has 1 aliphatic carbocycles. The Labute approximate surface area is 70.1 Å². The minimum absolute atomic E-state index is 0.0394. The van der Waals surface area contributed by atoms with E-state index in [4.69, 9.17) is 9.84 Å². The SMILES string of the molecule is O=C1C[C@H]2[C@H](CO)[C@H](O)C[C@@H]2O1. The number of aliphatic hydroxyl groups is 2. The summed E-state index contributed by atoms with van der Waals surface area (Å²) < 4.78 is 4.98. The van der Waals surface area contributed by atoms with Gasteiger partial charge < -0.3 is 14.9 Å². The molecule has 0 unspecified atom stereocenters. The number of hydrogen-bond acceptors (Lipinski definition) is 4. The van der Waals surface area contributed by atoms with Crippen molar-refractivity contribution >= 4 is 5.97 Å². The highest BCUT2D eigenvalue weighted by atomic mass is 16.6. The van der Waals surface area contributed by atoms with Gasteiger partial charge in [-0.05, 0) is 0 Å². The van der Waals surface area contributed by atoms with Crippen molar-refractivity contribution in [3.05, 3.63) is 0 Å². The van der Waals surface area contributed by atoms with Gasteiger partial charge in [0.25, 0.3) is 0 Å². The van der Waals surface area contributed by atoms with Gasteiger partial charge in [-0.1, -0.05) is 0 Å². The zero-order valence-corrected chi connectivity index (χ0v) is 6.64. The predicted molar refractivity (Wildman–Crippen MR) is 39.2 cm³/mol. The number of esters is 1. The Morgan fingerprint density at radius 2 is 2.33 bits per heavy atom. The molecule has 1 heterocycles. The van der Waals surface area contributed by atoms with Crippen molar-refractivity contribution in [2.24, 2.45) is 11.8 Å². The third-order valence-corrected chi connectivity index (χ3v) is 2.89. The van der Waals surface area contributed by atoms with E-state index < -0.39 is 6.10 Å². The molecule has 2 aliphatic rings. The van der Waals surface area contributed by atoms with Crippen molar-refractivity contribution in [1.82, 2.24) is 0 Å². The van der Waals surface area contributed by atoms with Crippen LogP contribution in [0.25, 0.3) is 0 Å². The molecule has 68 valence electrons. The average molecular weight is 172 g/mol. The highest BCUT2D eigenvalue weighted by Crippen LogP contribution is 2.40. The zero-order valence-electron chi connectivity index (χ0n) is 6.64. The molecule has 0 aromatic heterocycles. The van der Waals surface area contributed by atoms with Crippen LogP contribution in [0.2, 0.25) is 0 Å². The molecule has 0 bridgehead atoms. The van der Waals surface area contributed by atoms with Crippen molar-refractivity contribution < 1.29 is 19.7 Å². The van der Waals surface area contributed by atoms with Gasteiger partial charge in [-0.2, -0.15) is 0 Å². The molecule has 4 nitrogen and oxygen atoms in total. The van der Waals surface area contributed by atoms with E-state index in [9.17, 15) is 9.90 Å². The highest BCUT2D eigenvalue weighted by Gasteiger charge is 2.49. The summed E-state index contributed by atoms with van der Waals surface area (Å²) in [5.41, 5.74) is 0. The van der Waals surface area contributed by atoms with E-state index in [1.165, 1.54) is 0 Å². The van der Waals surface area contributed by atoms with Crippen LogP contribution in [0.4, 0.5) is 0 Å². The van der Waals surface area contributed by atoms with Crippen LogP contribution in [-0.2, 0) is 9.53 Å². The zero-order chi connectivity index (χ0) is 8.72. The maximum absolute atomic E-state index is 10.8. The Kier molecular flexibility index (Phi) is 1.81. The maximum atomic E-state index is 10.8. The number of aliphatic hydroxyl groups excluding tert-OH is 2. The Hall–Kier alpha value is -0.610. The molecule has 0 radical (unpaired) electrons. The molecule has 0 aromatic rings. The van der Waals surface area contributed by atoms with Crippen LogP contribution in [0.3, 0.4) is 0 Å². The smallest absolute Gasteiger partial charge is 0.306 e. The fourth-order valence-electron chi connectivity index (χ4n) is 2.23. The van der Waals surface area contributed by atoms with Gasteiger partial charge >= 0.3 is 5.97 Å². The second-order valence-electron chi connectivity index (χ2n) is 3.55. The largest absolute Gasteiger partial charge is 0.462 e. The van der Waals surface area contributed by atoms with E-state index in [2.05, 4.69) is 0 Å². The van der Waals surface area contributed by atoms with Gasteiger partial charge in [-0.25, -0.2) is 0 Å². The summed E-state index contributed by atoms with van der Waals surface area (Å²) in [6, 6.07) is 0. The Balaban J connectivity index is 2.11. The predicted octanol–water partition coefficient (Wildman–Crippen LogP) is -0.709. The summed E-state index contributed by atoms with van der Waals surface area (Å²) in [4.78, 5) is 10.8. The number of carbonyl (C=O) groups excluding carboxylic acids is 1. The van der Waals surface area contributed by atoms with Crippen LogP contribution in [0.5, 0.6) is 0 Å². The van der Waals surface area contributed by atoms with Crippen LogP contribution in [0.15, 0.2) is 0 Å². The van der Waals surface area contributed by atoms with Crippen molar-refractivity contribution in [2.75, 3.05) is 6.61 Å². The van der Waals surface area contributed by atoms with E-state index in [0.29, 0.717) is 12.8 Å². The highest BCUT2D eigenvalue weighted by molar-refractivity contribution is 5.72. The lowest BCUT2D eigenvalue weighted by Gasteiger charge is -2.14. The molecule has 2 rings (SSSR count). The van der Waals surface area contributed by atoms with Crippen molar-refractivity contribution in [1.29, 1.82) is 0 Å². The molecular formula is C8H12O4. The molecule has 2 N–H and O–H groups in total. The topological polar surface area (TPSA) is 66.8 Å². The molecule has 1 saturated heterocycles. The molecule has 0 aromatic carbocycles. The standard InChI is InChI=1S/C8H12O4/c9-3-5-4-1-8(11)12-7(4)2-6(5)10/h4-7,9-10H,1-3H2/t4-,5-,6+,7-/m0/s1. The van der Waals surface area contributed by atoms with Crippen LogP contribution >= 0.6 is 0 Å². The molecule has 4 heteroatoms.